The Morgan fingerprint density at radius 1 is 0.821 bits per heavy atom. The lowest BCUT2D eigenvalue weighted by molar-refractivity contribution is 0.477. The Morgan fingerprint density at radius 3 is 2.04 bits per heavy atom. The van der Waals surface area contributed by atoms with Crippen LogP contribution in [0.3, 0.4) is 0 Å². The Labute approximate surface area is 166 Å². The van der Waals surface area contributed by atoms with E-state index in [9.17, 15) is 16.8 Å². The molecule has 0 aromatic heterocycles. The molecule has 1 saturated heterocycles. The molecule has 1 atom stereocenters. The zero-order valence-corrected chi connectivity index (χ0v) is 17.4. The molecule has 4 rings (SSSR count). The van der Waals surface area contributed by atoms with E-state index in [1.807, 2.05) is 31.2 Å². The molecule has 28 heavy (non-hydrogen) atoms. The number of hydrogen-bond acceptors (Lipinski definition) is 4. The van der Waals surface area contributed by atoms with Crippen molar-refractivity contribution in [2.75, 3.05) is 17.4 Å². The monoisotopic (exact) mass is 420 g/mol. The predicted octanol–water partition coefficient (Wildman–Crippen LogP) is 3.00. The molecule has 2 aliphatic heterocycles. The molecule has 2 aromatic carbocycles. The summed E-state index contributed by atoms with van der Waals surface area (Å²) in [4.78, 5) is 0.247. The maximum atomic E-state index is 13.3. The molecule has 6 nitrogen and oxygen atoms in total. The van der Waals surface area contributed by atoms with Gasteiger partial charge >= 0.3 is 0 Å². The van der Waals surface area contributed by atoms with Crippen molar-refractivity contribution in [3.05, 3.63) is 54.1 Å². The van der Waals surface area contributed by atoms with Gasteiger partial charge in [0.25, 0.3) is 10.0 Å². The van der Waals surface area contributed by atoms with Crippen molar-refractivity contribution in [1.82, 2.24) is 4.31 Å². The molecule has 0 unspecified atom stereocenters. The molecule has 1 fully saturated rings. The summed E-state index contributed by atoms with van der Waals surface area (Å²) in [6.07, 6.45) is 3.31. The van der Waals surface area contributed by atoms with E-state index in [1.165, 1.54) is 32.9 Å². The molecule has 0 bridgehead atoms. The van der Waals surface area contributed by atoms with Gasteiger partial charge in [-0.1, -0.05) is 18.2 Å². The van der Waals surface area contributed by atoms with Crippen LogP contribution in [-0.4, -0.2) is 40.3 Å². The third-order valence-electron chi connectivity index (χ3n) is 5.54. The van der Waals surface area contributed by atoms with Gasteiger partial charge in [-0.25, -0.2) is 16.8 Å². The maximum absolute atomic E-state index is 13.3. The van der Waals surface area contributed by atoms with Gasteiger partial charge in [-0.15, -0.1) is 0 Å². The number of anilines is 1. The second kappa shape index (κ2) is 7.17. The van der Waals surface area contributed by atoms with Crippen molar-refractivity contribution in [3.8, 4) is 0 Å². The van der Waals surface area contributed by atoms with Crippen LogP contribution in [0.4, 0.5) is 5.69 Å². The van der Waals surface area contributed by atoms with Gasteiger partial charge in [0.1, 0.15) is 0 Å². The van der Waals surface area contributed by atoms with Crippen LogP contribution in [-0.2, 0) is 26.5 Å². The Hall–Kier alpha value is -1.90. The van der Waals surface area contributed by atoms with Crippen LogP contribution in [0.1, 0.15) is 31.7 Å². The first-order chi connectivity index (χ1) is 13.3. The Morgan fingerprint density at radius 2 is 1.39 bits per heavy atom. The zero-order chi connectivity index (χ0) is 19.9. The molecular formula is C20H24N2O4S2. The lowest BCUT2D eigenvalue weighted by atomic mass is 9.99. The smallest absolute Gasteiger partial charge is 0.263 e. The van der Waals surface area contributed by atoms with Crippen molar-refractivity contribution in [1.29, 1.82) is 0 Å². The summed E-state index contributed by atoms with van der Waals surface area (Å²) in [6, 6.07) is 13.0. The highest BCUT2D eigenvalue weighted by Gasteiger charge is 2.34. The number of aryl methyl sites for hydroxylation is 1. The van der Waals surface area contributed by atoms with E-state index in [4.69, 9.17) is 0 Å². The van der Waals surface area contributed by atoms with E-state index in [1.54, 1.807) is 0 Å². The van der Waals surface area contributed by atoms with Crippen molar-refractivity contribution < 1.29 is 16.8 Å². The molecule has 0 aliphatic carbocycles. The van der Waals surface area contributed by atoms with Crippen molar-refractivity contribution >= 4 is 25.7 Å². The summed E-state index contributed by atoms with van der Waals surface area (Å²) in [5.74, 6) is 0. The molecule has 8 heteroatoms. The number of rotatable bonds is 4. The highest BCUT2D eigenvalue weighted by molar-refractivity contribution is 7.93. The first-order valence-electron chi connectivity index (χ1n) is 9.54. The largest absolute Gasteiger partial charge is 0.264 e. The summed E-state index contributed by atoms with van der Waals surface area (Å²) in [7, 11) is -7.34. The Balaban J connectivity index is 1.69. The van der Waals surface area contributed by atoms with Crippen LogP contribution in [0.15, 0.2) is 58.3 Å². The van der Waals surface area contributed by atoms with Crippen LogP contribution in [0.25, 0.3) is 0 Å². The summed E-state index contributed by atoms with van der Waals surface area (Å²) < 4.78 is 55.0. The van der Waals surface area contributed by atoms with E-state index >= 15 is 0 Å². The van der Waals surface area contributed by atoms with E-state index in [2.05, 4.69) is 0 Å². The summed E-state index contributed by atoms with van der Waals surface area (Å²) in [5.41, 5.74) is 1.72. The molecule has 2 aromatic rings. The first-order valence-corrected chi connectivity index (χ1v) is 12.4. The maximum Gasteiger partial charge on any atom is 0.264 e. The van der Waals surface area contributed by atoms with Gasteiger partial charge in [0.15, 0.2) is 0 Å². The zero-order valence-electron chi connectivity index (χ0n) is 15.8. The quantitative estimate of drug-likeness (QED) is 0.762. The van der Waals surface area contributed by atoms with E-state index in [-0.39, 0.29) is 15.8 Å². The SMILES string of the molecule is C[C@H]1CCc2ccccc2N1S(=O)(=O)c1ccc(S(=O)(=O)N2CCCC2)cc1. The average Bonchev–Trinajstić information content (AvgIpc) is 3.23. The van der Waals surface area contributed by atoms with Crippen LogP contribution in [0.5, 0.6) is 0 Å². The standard InChI is InChI=1S/C20H24N2O4S2/c1-16-8-9-17-6-2-3-7-20(17)22(16)28(25,26)19-12-10-18(11-13-19)27(23,24)21-14-4-5-15-21/h2-3,6-7,10-13,16H,4-5,8-9,14-15H2,1H3/t16-/m0/s1. The van der Waals surface area contributed by atoms with E-state index < -0.39 is 20.0 Å². The van der Waals surface area contributed by atoms with Gasteiger partial charge in [-0.3, -0.25) is 4.31 Å². The predicted molar refractivity (Wildman–Crippen MR) is 108 cm³/mol. The fraction of sp³-hybridized carbons (Fsp3) is 0.400. The molecule has 150 valence electrons. The minimum Gasteiger partial charge on any atom is -0.263 e. The van der Waals surface area contributed by atoms with Crippen LogP contribution < -0.4 is 4.31 Å². The molecule has 0 saturated carbocycles. The van der Waals surface area contributed by atoms with Gasteiger partial charge in [0, 0.05) is 19.1 Å². The molecule has 0 radical (unpaired) electrons. The molecular weight excluding hydrogens is 396 g/mol. The van der Waals surface area contributed by atoms with Gasteiger partial charge in [0.2, 0.25) is 10.0 Å². The molecule has 2 aliphatic rings. The lowest BCUT2D eigenvalue weighted by Gasteiger charge is -2.36. The third-order valence-corrected chi connectivity index (χ3v) is 9.40. The topological polar surface area (TPSA) is 74.8 Å². The number of para-hydroxylation sites is 1. The fourth-order valence-corrected chi connectivity index (χ4v) is 7.24. The van der Waals surface area contributed by atoms with Crippen LogP contribution in [0, 0.1) is 0 Å². The Bertz CT molecular complexity index is 1070. The van der Waals surface area contributed by atoms with Gasteiger partial charge < -0.3 is 0 Å². The summed E-state index contributed by atoms with van der Waals surface area (Å²) in [5, 5.41) is 0. The highest BCUT2D eigenvalue weighted by Crippen LogP contribution is 2.35. The van der Waals surface area contributed by atoms with Crippen molar-refractivity contribution in [3.63, 3.8) is 0 Å². The first kappa shape index (κ1) is 19.4. The number of nitrogens with zero attached hydrogens (tertiary/aromatic N) is 2. The number of hydrogen-bond donors (Lipinski definition) is 0. The second-order valence-corrected chi connectivity index (χ2v) is 11.2. The second-order valence-electron chi connectivity index (χ2n) is 7.40. The van der Waals surface area contributed by atoms with Gasteiger partial charge in [0.05, 0.1) is 15.5 Å². The highest BCUT2D eigenvalue weighted by atomic mass is 32.2. The minimum atomic E-state index is -3.78. The van der Waals surface area contributed by atoms with Crippen LogP contribution in [0.2, 0.25) is 0 Å². The molecule has 0 N–H and O–H groups in total. The number of benzene rings is 2. The van der Waals surface area contributed by atoms with Gasteiger partial charge in [-0.2, -0.15) is 4.31 Å². The summed E-state index contributed by atoms with van der Waals surface area (Å²) >= 11 is 0. The summed E-state index contributed by atoms with van der Waals surface area (Å²) in [6.45, 7) is 2.94. The average molecular weight is 421 g/mol. The number of fused-ring (bicyclic) bond motifs is 1. The van der Waals surface area contributed by atoms with E-state index in [0.717, 1.165) is 31.2 Å². The van der Waals surface area contributed by atoms with E-state index in [0.29, 0.717) is 18.8 Å². The molecule has 2 heterocycles. The normalized spacial score (nSPS) is 20.9. The lowest BCUT2D eigenvalue weighted by Crippen LogP contribution is -2.42. The van der Waals surface area contributed by atoms with Gasteiger partial charge in [-0.05, 0) is 68.5 Å². The van der Waals surface area contributed by atoms with Crippen molar-refractivity contribution in [2.45, 2.75) is 48.4 Å². The molecule has 0 spiro atoms. The molecule has 0 amide bonds. The van der Waals surface area contributed by atoms with Crippen LogP contribution >= 0.6 is 0 Å². The van der Waals surface area contributed by atoms with Crippen molar-refractivity contribution in [2.24, 2.45) is 0 Å². The third kappa shape index (κ3) is 3.23. The number of sulfonamides is 2. The fourth-order valence-electron chi connectivity index (χ4n) is 4.00. The Kier molecular flexibility index (Phi) is 4.97. The minimum absolute atomic E-state index is 0.108.